The van der Waals surface area contributed by atoms with Crippen LogP contribution in [0.15, 0.2) is 38.5 Å². The summed E-state index contributed by atoms with van der Waals surface area (Å²) >= 11 is 1.48. The van der Waals surface area contributed by atoms with E-state index >= 15 is 0 Å². The van der Waals surface area contributed by atoms with E-state index in [4.69, 9.17) is 8.83 Å². The molecule has 1 N–H and O–H groups in total. The van der Waals surface area contributed by atoms with Gasteiger partial charge < -0.3 is 19.1 Å². The Morgan fingerprint density at radius 3 is 2.52 bits per heavy atom. The van der Waals surface area contributed by atoms with Gasteiger partial charge in [-0.05, 0) is 51.0 Å². The molecule has 0 saturated carbocycles. The Labute approximate surface area is 172 Å². The predicted octanol–water partition coefficient (Wildman–Crippen LogP) is 3.58. The Kier molecular flexibility index (Phi) is 5.53. The molecule has 1 saturated heterocycles. The summed E-state index contributed by atoms with van der Waals surface area (Å²) in [6, 6.07) is 7.29. The molecule has 4 rings (SSSR count). The van der Waals surface area contributed by atoms with Gasteiger partial charge in [-0.25, -0.2) is 4.98 Å². The Hall–Kier alpha value is -2.87. The number of piperidine rings is 1. The molecule has 7 nitrogen and oxygen atoms in total. The van der Waals surface area contributed by atoms with Crippen molar-refractivity contribution in [1.29, 1.82) is 0 Å². The van der Waals surface area contributed by atoms with Crippen LogP contribution in [0.2, 0.25) is 0 Å². The summed E-state index contributed by atoms with van der Waals surface area (Å²) in [4.78, 5) is 31.2. The van der Waals surface area contributed by atoms with E-state index in [-0.39, 0.29) is 24.3 Å². The van der Waals surface area contributed by atoms with E-state index < -0.39 is 0 Å². The quantitative estimate of drug-likeness (QED) is 0.691. The number of nitrogens with zero attached hydrogens (tertiary/aromatic N) is 2. The number of amides is 2. The van der Waals surface area contributed by atoms with E-state index in [9.17, 15) is 9.59 Å². The van der Waals surface area contributed by atoms with Gasteiger partial charge in [0.15, 0.2) is 16.5 Å². The molecule has 2 amide bonds. The van der Waals surface area contributed by atoms with E-state index in [1.165, 1.54) is 11.3 Å². The summed E-state index contributed by atoms with van der Waals surface area (Å²) in [5, 5.41) is 5.68. The molecule has 1 aliphatic rings. The summed E-state index contributed by atoms with van der Waals surface area (Å²) < 4.78 is 11.0. The van der Waals surface area contributed by atoms with Crippen LogP contribution < -0.4 is 5.32 Å². The minimum Gasteiger partial charge on any atom is -0.459 e. The monoisotopic (exact) mass is 413 g/mol. The lowest BCUT2D eigenvalue weighted by atomic mass is 10.0. The summed E-state index contributed by atoms with van der Waals surface area (Å²) in [5.74, 6) is 2.46. The first-order chi connectivity index (χ1) is 14.0. The maximum absolute atomic E-state index is 12.6. The molecule has 0 unspecified atom stereocenters. The molecule has 3 aromatic heterocycles. The lowest BCUT2D eigenvalue weighted by Gasteiger charge is -2.32. The zero-order chi connectivity index (χ0) is 20.4. The van der Waals surface area contributed by atoms with Crippen LogP contribution in [-0.4, -0.2) is 40.8 Å². The third-order valence-electron chi connectivity index (χ3n) is 4.98. The van der Waals surface area contributed by atoms with Gasteiger partial charge in [0, 0.05) is 24.5 Å². The van der Waals surface area contributed by atoms with Gasteiger partial charge in [0.05, 0.1) is 12.1 Å². The zero-order valence-corrected chi connectivity index (χ0v) is 17.3. The smallest absolute Gasteiger partial charge is 0.287 e. The molecule has 0 aromatic carbocycles. The van der Waals surface area contributed by atoms with Gasteiger partial charge in [0.2, 0.25) is 5.91 Å². The summed E-state index contributed by atoms with van der Waals surface area (Å²) in [5.41, 5.74) is 0.757. The molecule has 0 aliphatic carbocycles. The number of thiazole rings is 1. The maximum atomic E-state index is 12.6. The summed E-state index contributed by atoms with van der Waals surface area (Å²) in [6.07, 6.45) is 1.73. The second kappa shape index (κ2) is 8.24. The third-order valence-corrected chi connectivity index (χ3v) is 5.89. The van der Waals surface area contributed by atoms with Crippen LogP contribution >= 0.6 is 11.3 Å². The van der Waals surface area contributed by atoms with E-state index in [2.05, 4.69) is 10.3 Å². The van der Waals surface area contributed by atoms with Crippen LogP contribution in [0.5, 0.6) is 0 Å². The van der Waals surface area contributed by atoms with Gasteiger partial charge in [0.25, 0.3) is 5.91 Å². The lowest BCUT2D eigenvalue weighted by Crippen LogP contribution is -2.46. The molecule has 8 heteroatoms. The number of furan rings is 2. The van der Waals surface area contributed by atoms with Crippen molar-refractivity contribution in [2.45, 2.75) is 39.2 Å². The van der Waals surface area contributed by atoms with Crippen LogP contribution in [0.4, 0.5) is 0 Å². The Morgan fingerprint density at radius 1 is 1.14 bits per heavy atom. The first kappa shape index (κ1) is 19.4. The molecule has 0 atom stereocenters. The molecule has 0 bridgehead atoms. The maximum Gasteiger partial charge on any atom is 0.287 e. The molecule has 29 heavy (non-hydrogen) atoms. The molecular formula is C21H23N3O4S. The number of nitrogens with one attached hydrogen (secondary N) is 1. The topological polar surface area (TPSA) is 88.6 Å². The van der Waals surface area contributed by atoms with Crippen molar-refractivity contribution >= 4 is 23.2 Å². The van der Waals surface area contributed by atoms with Gasteiger partial charge >= 0.3 is 0 Å². The molecule has 152 valence electrons. The molecule has 0 spiro atoms. The number of aromatic nitrogens is 1. The fraction of sp³-hybridized carbons (Fsp3) is 0.381. The van der Waals surface area contributed by atoms with Crippen molar-refractivity contribution in [3.05, 3.63) is 52.6 Å². The standard InChI is InChI=1S/C21H23N3O4S/c1-13-3-5-17(27-13)20(26)22-15-7-9-24(10-8-15)19(25)11-16-12-29-21(23-16)18-6-4-14(2)28-18/h3-6,12,15H,7-11H2,1-2H3,(H,22,26). The van der Waals surface area contributed by atoms with Crippen molar-refractivity contribution in [3.8, 4) is 10.8 Å². The normalized spacial score (nSPS) is 14.9. The average molecular weight is 413 g/mol. The van der Waals surface area contributed by atoms with Crippen molar-refractivity contribution in [1.82, 2.24) is 15.2 Å². The van der Waals surface area contributed by atoms with E-state index in [0.717, 1.165) is 35.1 Å². The average Bonchev–Trinajstić information content (AvgIpc) is 3.43. The van der Waals surface area contributed by atoms with Gasteiger partial charge in [-0.3, -0.25) is 9.59 Å². The van der Waals surface area contributed by atoms with Crippen LogP contribution in [0.3, 0.4) is 0 Å². The molecule has 1 aliphatic heterocycles. The SMILES string of the molecule is Cc1ccc(C(=O)NC2CCN(C(=O)Cc3csc(-c4ccc(C)o4)n3)CC2)o1. The molecule has 3 aromatic rings. The Balaban J connectivity index is 1.27. The number of rotatable bonds is 5. The number of aryl methyl sites for hydroxylation is 2. The number of carbonyl (C=O) groups excluding carboxylic acids is 2. The van der Waals surface area contributed by atoms with Gasteiger partial charge in [-0.15, -0.1) is 11.3 Å². The highest BCUT2D eigenvalue weighted by Crippen LogP contribution is 2.26. The van der Waals surface area contributed by atoms with Crippen LogP contribution in [0, 0.1) is 13.8 Å². The number of likely N-dealkylation sites (tertiary alicyclic amines) is 1. The van der Waals surface area contributed by atoms with Crippen molar-refractivity contribution in [2.24, 2.45) is 0 Å². The summed E-state index contributed by atoms with van der Waals surface area (Å²) in [6.45, 7) is 4.94. The fourth-order valence-corrected chi connectivity index (χ4v) is 4.18. The van der Waals surface area contributed by atoms with Gasteiger partial charge in [0.1, 0.15) is 11.5 Å². The van der Waals surface area contributed by atoms with Crippen LogP contribution in [0.25, 0.3) is 10.8 Å². The predicted molar refractivity (Wildman–Crippen MR) is 109 cm³/mol. The van der Waals surface area contributed by atoms with Crippen molar-refractivity contribution in [2.75, 3.05) is 13.1 Å². The van der Waals surface area contributed by atoms with Crippen LogP contribution in [0.1, 0.15) is 40.6 Å². The van der Waals surface area contributed by atoms with Crippen LogP contribution in [-0.2, 0) is 11.2 Å². The van der Waals surface area contributed by atoms with Gasteiger partial charge in [-0.2, -0.15) is 0 Å². The highest BCUT2D eigenvalue weighted by atomic mass is 32.1. The second-order valence-electron chi connectivity index (χ2n) is 7.27. The number of hydrogen-bond donors (Lipinski definition) is 1. The van der Waals surface area contributed by atoms with E-state index in [1.807, 2.05) is 36.3 Å². The first-order valence-corrected chi connectivity index (χ1v) is 10.5. The highest BCUT2D eigenvalue weighted by molar-refractivity contribution is 7.13. The molecule has 1 fully saturated rings. The molecule has 0 radical (unpaired) electrons. The minimum absolute atomic E-state index is 0.0463. The first-order valence-electron chi connectivity index (χ1n) is 9.64. The lowest BCUT2D eigenvalue weighted by molar-refractivity contribution is -0.131. The molecule has 4 heterocycles. The highest BCUT2D eigenvalue weighted by Gasteiger charge is 2.25. The molecular weight excluding hydrogens is 390 g/mol. The van der Waals surface area contributed by atoms with E-state index in [1.54, 1.807) is 12.1 Å². The van der Waals surface area contributed by atoms with Crippen molar-refractivity contribution < 1.29 is 18.4 Å². The Morgan fingerprint density at radius 2 is 1.86 bits per heavy atom. The van der Waals surface area contributed by atoms with Gasteiger partial charge in [-0.1, -0.05) is 0 Å². The second-order valence-corrected chi connectivity index (χ2v) is 8.13. The third kappa shape index (κ3) is 4.59. The number of carbonyl (C=O) groups is 2. The largest absolute Gasteiger partial charge is 0.459 e. The van der Waals surface area contributed by atoms with Crippen molar-refractivity contribution in [3.63, 3.8) is 0 Å². The van der Waals surface area contributed by atoms with E-state index in [0.29, 0.717) is 24.6 Å². The number of hydrogen-bond acceptors (Lipinski definition) is 6. The summed E-state index contributed by atoms with van der Waals surface area (Å²) in [7, 11) is 0. The zero-order valence-electron chi connectivity index (χ0n) is 16.4. The fourth-order valence-electron chi connectivity index (χ4n) is 3.40. The minimum atomic E-state index is -0.203. The Bertz CT molecular complexity index is 1010.